The van der Waals surface area contributed by atoms with Crippen LogP contribution in [0.5, 0.6) is 0 Å². The van der Waals surface area contributed by atoms with E-state index in [2.05, 4.69) is 30.6 Å². The smallest absolute Gasteiger partial charge is 0.274 e. The fraction of sp³-hybridized carbons (Fsp3) is 0.333. The van der Waals surface area contributed by atoms with Crippen molar-refractivity contribution < 1.29 is 4.92 Å². The molecule has 1 aromatic carbocycles. The van der Waals surface area contributed by atoms with Gasteiger partial charge in [-0.3, -0.25) is 10.1 Å². The second-order valence-corrected chi connectivity index (χ2v) is 6.37. The van der Waals surface area contributed by atoms with Gasteiger partial charge in [-0.2, -0.15) is 0 Å². The molecular formula is C15H18N2O2S. The molecule has 2 aromatic rings. The SMILES string of the molecule is Cc1c(NCC(C)(C)c2cccs2)cccc1[N+](=O)[O-]. The molecule has 5 heteroatoms. The van der Waals surface area contributed by atoms with E-state index >= 15 is 0 Å². The van der Waals surface area contributed by atoms with Gasteiger partial charge in [-0.25, -0.2) is 0 Å². The summed E-state index contributed by atoms with van der Waals surface area (Å²) in [4.78, 5) is 11.9. The summed E-state index contributed by atoms with van der Waals surface area (Å²) < 4.78 is 0. The van der Waals surface area contributed by atoms with Crippen LogP contribution in [0.4, 0.5) is 11.4 Å². The minimum atomic E-state index is -0.342. The van der Waals surface area contributed by atoms with Crippen LogP contribution in [0, 0.1) is 17.0 Å². The molecule has 0 fully saturated rings. The molecule has 0 atom stereocenters. The van der Waals surface area contributed by atoms with Gasteiger partial charge in [0.15, 0.2) is 0 Å². The summed E-state index contributed by atoms with van der Waals surface area (Å²) in [5, 5.41) is 16.3. The Morgan fingerprint density at radius 1 is 1.30 bits per heavy atom. The summed E-state index contributed by atoms with van der Waals surface area (Å²) in [6.45, 7) is 6.84. The van der Waals surface area contributed by atoms with Gasteiger partial charge in [-0.05, 0) is 24.4 Å². The number of nitro groups is 1. The van der Waals surface area contributed by atoms with Crippen LogP contribution >= 0.6 is 11.3 Å². The number of hydrogen-bond donors (Lipinski definition) is 1. The maximum Gasteiger partial charge on any atom is 0.274 e. The highest BCUT2D eigenvalue weighted by Crippen LogP contribution is 2.30. The van der Waals surface area contributed by atoms with E-state index < -0.39 is 0 Å². The van der Waals surface area contributed by atoms with Crippen molar-refractivity contribution in [2.45, 2.75) is 26.2 Å². The monoisotopic (exact) mass is 290 g/mol. The molecule has 0 bridgehead atoms. The molecule has 0 aliphatic carbocycles. The Morgan fingerprint density at radius 2 is 2.05 bits per heavy atom. The van der Waals surface area contributed by atoms with Gasteiger partial charge in [0.1, 0.15) is 0 Å². The number of nitrogens with one attached hydrogen (secondary N) is 1. The fourth-order valence-corrected chi connectivity index (χ4v) is 2.93. The maximum absolute atomic E-state index is 10.9. The van der Waals surface area contributed by atoms with Crippen LogP contribution < -0.4 is 5.32 Å². The number of thiophene rings is 1. The third kappa shape index (κ3) is 2.99. The molecule has 0 radical (unpaired) electrons. The molecule has 4 nitrogen and oxygen atoms in total. The van der Waals surface area contributed by atoms with Crippen LogP contribution in [-0.4, -0.2) is 11.5 Å². The zero-order valence-electron chi connectivity index (χ0n) is 11.8. The molecule has 0 aliphatic heterocycles. The van der Waals surface area contributed by atoms with Gasteiger partial charge in [0.2, 0.25) is 0 Å². The van der Waals surface area contributed by atoms with Crippen molar-refractivity contribution in [3.05, 3.63) is 56.3 Å². The van der Waals surface area contributed by atoms with E-state index in [-0.39, 0.29) is 16.0 Å². The van der Waals surface area contributed by atoms with E-state index in [0.717, 1.165) is 12.2 Å². The van der Waals surface area contributed by atoms with Gasteiger partial charge in [-0.1, -0.05) is 26.0 Å². The Morgan fingerprint density at radius 3 is 2.65 bits per heavy atom. The van der Waals surface area contributed by atoms with Gasteiger partial charge in [0, 0.05) is 34.2 Å². The minimum absolute atomic E-state index is 0.00870. The number of rotatable bonds is 5. The van der Waals surface area contributed by atoms with Crippen molar-refractivity contribution in [1.82, 2.24) is 0 Å². The van der Waals surface area contributed by atoms with Crippen LogP contribution in [0.2, 0.25) is 0 Å². The van der Waals surface area contributed by atoms with E-state index in [0.29, 0.717) is 5.56 Å². The van der Waals surface area contributed by atoms with E-state index in [1.807, 2.05) is 12.1 Å². The third-order valence-corrected chi connectivity index (χ3v) is 4.65. The fourth-order valence-electron chi connectivity index (χ4n) is 2.08. The first-order valence-electron chi connectivity index (χ1n) is 6.44. The van der Waals surface area contributed by atoms with Gasteiger partial charge < -0.3 is 5.32 Å². The maximum atomic E-state index is 10.9. The summed E-state index contributed by atoms with van der Waals surface area (Å²) >= 11 is 1.73. The Bertz CT molecular complexity index is 606. The lowest BCUT2D eigenvalue weighted by molar-refractivity contribution is -0.385. The zero-order valence-corrected chi connectivity index (χ0v) is 12.7. The molecule has 106 valence electrons. The Labute approximate surface area is 122 Å². The van der Waals surface area contributed by atoms with E-state index in [1.54, 1.807) is 24.3 Å². The number of benzene rings is 1. The second-order valence-electron chi connectivity index (χ2n) is 5.42. The molecule has 1 aromatic heterocycles. The standard InChI is InChI=1S/C15H18N2O2S/c1-11-12(6-4-7-13(11)17(18)19)16-10-15(2,3)14-8-5-9-20-14/h4-9,16H,10H2,1-3H3. The van der Waals surface area contributed by atoms with Crippen molar-refractivity contribution in [2.75, 3.05) is 11.9 Å². The normalized spacial score (nSPS) is 11.3. The predicted molar refractivity (Wildman–Crippen MR) is 83.7 cm³/mol. The highest BCUT2D eigenvalue weighted by atomic mass is 32.1. The third-order valence-electron chi connectivity index (χ3n) is 3.41. The summed E-state index contributed by atoms with van der Waals surface area (Å²) in [7, 11) is 0. The first-order chi connectivity index (χ1) is 9.42. The average molecular weight is 290 g/mol. The lowest BCUT2D eigenvalue weighted by Crippen LogP contribution is -2.26. The first kappa shape index (κ1) is 14.5. The van der Waals surface area contributed by atoms with E-state index in [1.165, 1.54) is 10.9 Å². The van der Waals surface area contributed by atoms with Crippen LogP contribution in [0.1, 0.15) is 24.3 Å². The molecule has 0 unspecified atom stereocenters. The van der Waals surface area contributed by atoms with E-state index in [9.17, 15) is 10.1 Å². The molecule has 0 saturated carbocycles. The molecule has 20 heavy (non-hydrogen) atoms. The van der Waals surface area contributed by atoms with Crippen molar-refractivity contribution in [2.24, 2.45) is 0 Å². The number of nitro benzene ring substituents is 1. The highest BCUT2D eigenvalue weighted by Gasteiger charge is 2.22. The first-order valence-corrected chi connectivity index (χ1v) is 7.31. The van der Waals surface area contributed by atoms with Crippen molar-refractivity contribution in [3.8, 4) is 0 Å². The van der Waals surface area contributed by atoms with Gasteiger partial charge in [0.05, 0.1) is 4.92 Å². The summed E-state index contributed by atoms with van der Waals surface area (Å²) in [5.41, 5.74) is 1.65. The minimum Gasteiger partial charge on any atom is -0.384 e. The van der Waals surface area contributed by atoms with Crippen molar-refractivity contribution in [1.29, 1.82) is 0 Å². The van der Waals surface area contributed by atoms with E-state index in [4.69, 9.17) is 0 Å². The summed E-state index contributed by atoms with van der Waals surface area (Å²) in [6, 6.07) is 9.29. The molecule has 0 amide bonds. The Balaban J connectivity index is 2.16. The van der Waals surface area contributed by atoms with Gasteiger partial charge >= 0.3 is 0 Å². The molecular weight excluding hydrogens is 272 g/mol. The molecule has 0 spiro atoms. The van der Waals surface area contributed by atoms with Crippen LogP contribution in [0.3, 0.4) is 0 Å². The number of anilines is 1. The summed E-state index contributed by atoms with van der Waals surface area (Å²) in [5.74, 6) is 0. The molecule has 1 heterocycles. The van der Waals surface area contributed by atoms with Crippen molar-refractivity contribution in [3.63, 3.8) is 0 Å². The molecule has 1 N–H and O–H groups in total. The van der Waals surface area contributed by atoms with Crippen LogP contribution in [-0.2, 0) is 5.41 Å². The second kappa shape index (κ2) is 5.63. The Hall–Kier alpha value is -1.88. The molecule has 2 rings (SSSR count). The van der Waals surface area contributed by atoms with Gasteiger partial charge in [-0.15, -0.1) is 11.3 Å². The van der Waals surface area contributed by atoms with Gasteiger partial charge in [0.25, 0.3) is 5.69 Å². The topological polar surface area (TPSA) is 55.2 Å². The number of hydrogen-bond acceptors (Lipinski definition) is 4. The summed E-state index contributed by atoms with van der Waals surface area (Å²) in [6.07, 6.45) is 0. The zero-order chi connectivity index (χ0) is 14.8. The molecule has 0 aliphatic rings. The number of nitrogens with zero attached hydrogens (tertiary/aromatic N) is 1. The Kier molecular flexibility index (Phi) is 4.09. The van der Waals surface area contributed by atoms with Crippen LogP contribution in [0.15, 0.2) is 35.7 Å². The average Bonchev–Trinajstić information content (AvgIpc) is 2.92. The lowest BCUT2D eigenvalue weighted by atomic mass is 9.91. The largest absolute Gasteiger partial charge is 0.384 e. The molecule has 0 saturated heterocycles. The highest BCUT2D eigenvalue weighted by molar-refractivity contribution is 7.10. The lowest BCUT2D eigenvalue weighted by Gasteiger charge is -2.24. The predicted octanol–water partition coefficient (Wildman–Crippen LogP) is 4.35. The van der Waals surface area contributed by atoms with Crippen molar-refractivity contribution >= 4 is 22.7 Å². The quantitative estimate of drug-likeness (QED) is 0.657. The van der Waals surface area contributed by atoms with Crippen LogP contribution in [0.25, 0.3) is 0 Å².